The molecule has 3 nitrogen and oxygen atoms in total. The van der Waals surface area contributed by atoms with Crippen molar-refractivity contribution in [1.29, 1.82) is 0 Å². The Morgan fingerprint density at radius 1 is 1.44 bits per heavy atom. The second kappa shape index (κ2) is 5.62. The molecule has 0 radical (unpaired) electrons. The van der Waals surface area contributed by atoms with Crippen molar-refractivity contribution in [3.05, 3.63) is 16.4 Å². The van der Waals surface area contributed by atoms with Crippen LogP contribution in [0.2, 0.25) is 5.02 Å². The highest BCUT2D eigenvalue weighted by molar-refractivity contribution is 6.31. The van der Waals surface area contributed by atoms with Gasteiger partial charge in [0.05, 0.1) is 16.4 Å². The molecular formula is C14H24ClN3. The van der Waals surface area contributed by atoms with E-state index in [0.717, 1.165) is 29.6 Å². The summed E-state index contributed by atoms with van der Waals surface area (Å²) in [5.41, 5.74) is 2.19. The largest absolute Gasteiger partial charge is 0.317 e. The number of nitrogens with zero attached hydrogens (tertiary/aromatic N) is 2. The summed E-state index contributed by atoms with van der Waals surface area (Å²) in [7, 11) is 2.07. The molecule has 3 atom stereocenters. The third-order valence-corrected chi connectivity index (χ3v) is 5.00. The molecule has 0 bridgehead atoms. The van der Waals surface area contributed by atoms with Gasteiger partial charge in [-0.3, -0.25) is 4.68 Å². The van der Waals surface area contributed by atoms with Gasteiger partial charge in [-0.15, -0.1) is 0 Å². The Morgan fingerprint density at radius 3 is 2.72 bits per heavy atom. The summed E-state index contributed by atoms with van der Waals surface area (Å²) in [6.45, 7) is 7.37. The van der Waals surface area contributed by atoms with Gasteiger partial charge < -0.3 is 5.32 Å². The Labute approximate surface area is 115 Å². The van der Waals surface area contributed by atoms with E-state index in [2.05, 4.69) is 36.0 Å². The molecule has 0 saturated heterocycles. The van der Waals surface area contributed by atoms with Crippen molar-refractivity contribution in [2.45, 2.75) is 52.6 Å². The maximum absolute atomic E-state index is 6.39. The first-order chi connectivity index (χ1) is 8.58. The highest BCUT2D eigenvalue weighted by Gasteiger charge is 2.33. The average Bonchev–Trinajstić information content (AvgIpc) is 2.85. The summed E-state index contributed by atoms with van der Waals surface area (Å²) in [5, 5.41) is 8.80. The van der Waals surface area contributed by atoms with Crippen LogP contribution < -0.4 is 5.32 Å². The van der Waals surface area contributed by atoms with Gasteiger partial charge in [-0.2, -0.15) is 5.10 Å². The molecule has 1 fully saturated rings. The van der Waals surface area contributed by atoms with Gasteiger partial charge in [-0.1, -0.05) is 18.5 Å². The molecule has 3 unspecified atom stereocenters. The van der Waals surface area contributed by atoms with E-state index < -0.39 is 0 Å². The van der Waals surface area contributed by atoms with Gasteiger partial charge in [-0.05, 0) is 52.0 Å². The minimum absolute atomic E-state index is 0.660. The van der Waals surface area contributed by atoms with Gasteiger partial charge in [0.15, 0.2) is 0 Å². The second-order valence-electron chi connectivity index (χ2n) is 5.46. The molecule has 2 rings (SSSR count). The first-order valence-corrected chi connectivity index (χ1v) is 7.35. The number of halogens is 1. The van der Waals surface area contributed by atoms with Gasteiger partial charge in [-0.25, -0.2) is 0 Å². The summed E-state index contributed by atoms with van der Waals surface area (Å²) in [4.78, 5) is 0. The van der Waals surface area contributed by atoms with Crippen LogP contribution >= 0.6 is 11.6 Å². The van der Waals surface area contributed by atoms with E-state index in [4.69, 9.17) is 11.6 Å². The zero-order valence-corrected chi connectivity index (χ0v) is 12.6. The molecule has 1 aliphatic carbocycles. The number of rotatable bonds is 4. The average molecular weight is 270 g/mol. The van der Waals surface area contributed by atoms with Crippen LogP contribution in [-0.4, -0.2) is 22.9 Å². The third-order valence-electron chi connectivity index (χ3n) is 4.51. The number of hydrogen-bond donors (Lipinski definition) is 1. The predicted molar refractivity (Wildman–Crippen MR) is 76.1 cm³/mol. The second-order valence-corrected chi connectivity index (χ2v) is 5.84. The molecule has 0 aromatic carbocycles. The van der Waals surface area contributed by atoms with Crippen molar-refractivity contribution in [3.63, 3.8) is 0 Å². The van der Waals surface area contributed by atoms with Crippen molar-refractivity contribution >= 4 is 11.6 Å². The number of aryl methyl sites for hydroxylation is 2. The lowest BCUT2D eigenvalue weighted by atomic mass is 9.91. The molecule has 1 aromatic rings. The van der Waals surface area contributed by atoms with E-state index in [1.807, 2.05) is 6.92 Å². The van der Waals surface area contributed by atoms with E-state index in [1.54, 1.807) is 0 Å². The van der Waals surface area contributed by atoms with Gasteiger partial charge in [0.1, 0.15) is 0 Å². The molecule has 1 aliphatic rings. The minimum atomic E-state index is 0.660. The molecule has 0 aliphatic heterocycles. The third kappa shape index (κ3) is 2.43. The molecule has 4 heteroatoms. The Kier molecular flexibility index (Phi) is 4.33. The lowest BCUT2D eigenvalue weighted by Gasteiger charge is -2.20. The fourth-order valence-corrected chi connectivity index (χ4v) is 3.47. The number of aromatic nitrogens is 2. The van der Waals surface area contributed by atoms with E-state index in [0.29, 0.717) is 12.0 Å². The van der Waals surface area contributed by atoms with Crippen molar-refractivity contribution in [1.82, 2.24) is 15.1 Å². The Balaban J connectivity index is 2.15. The standard InChI is InChI=1S/C14H24ClN3/c1-5-18-13(14(15)10(3)17-18)8-11-6-7-12(16-4)9(11)2/h9,11-12,16H,5-8H2,1-4H3. The van der Waals surface area contributed by atoms with Gasteiger partial charge in [0.25, 0.3) is 0 Å². The molecule has 102 valence electrons. The van der Waals surface area contributed by atoms with Crippen LogP contribution in [0.4, 0.5) is 0 Å². The van der Waals surface area contributed by atoms with Crippen LogP contribution in [0.5, 0.6) is 0 Å². The van der Waals surface area contributed by atoms with E-state index in [9.17, 15) is 0 Å². The van der Waals surface area contributed by atoms with Gasteiger partial charge >= 0.3 is 0 Å². The maximum Gasteiger partial charge on any atom is 0.0847 e. The van der Waals surface area contributed by atoms with E-state index in [-0.39, 0.29) is 0 Å². The van der Waals surface area contributed by atoms with Crippen LogP contribution in [-0.2, 0) is 13.0 Å². The molecule has 0 spiro atoms. The summed E-state index contributed by atoms with van der Waals surface area (Å²) < 4.78 is 2.07. The highest BCUT2D eigenvalue weighted by Crippen LogP contribution is 2.36. The monoisotopic (exact) mass is 269 g/mol. The minimum Gasteiger partial charge on any atom is -0.317 e. The normalized spacial score (nSPS) is 27.9. The number of hydrogen-bond acceptors (Lipinski definition) is 2. The quantitative estimate of drug-likeness (QED) is 0.911. The molecule has 1 aromatic heterocycles. The SMILES string of the molecule is CCn1nc(C)c(Cl)c1CC1CCC(NC)C1C. The topological polar surface area (TPSA) is 29.9 Å². The highest BCUT2D eigenvalue weighted by atomic mass is 35.5. The predicted octanol–water partition coefficient (Wildman–Crippen LogP) is 3.04. The molecule has 1 heterocycles. The fourth-order valence-electron chi connectivity index (χ4n) is 3.26. The Morgan fingerprint density at radius 2 is 2.17 bits per heavy atom. The van der Waals surface area contributed by atoms with Crippen molar-refractivity contribution in [3.8, 4) is 0 Å². The molecule has 18 heavy (non-hydrogen) atoms. The lowest BCUT2D eigenvalue weighted by molar-refractivity contribution is 0.357. The zero-order valence-electron chi connectivity index (χ0n) is 11.8. The lowest BCUT2D eigenvalue weighted by Crippen LogP contribution is -2.30. The fraction of sp³-hybridized carbons (Fsp3) is 0.786. The van der Waals surface area contributed by atoms with Crippen LogP contribution in [0.15, 0.2) is 0 Å². The van der Waals surface area contributed by atoms with Crippen molar-refractivity contribution in [2.24, 2.45) is 11.8 Å². The summed E-state index contributed by atoms with van der Waals surface area (Å²) >= 11 is 6.39. The maximum atomic E-state index is 6.39. The van der Waals surface area contributed by atoms with Crippen molar-refractivity contribution in [2.75, 3.05) is 7.05 Å². The molecule has 1 saturated carbocycles. The zero-order chi connectivity index (χ0) is 13.3. The Bertz CT molecular complexity index is 413. The first kappa shape index (κ1) is 13.9. The smallest absolute Gasteiger partial charge is 0.0847 e. The van der Waals surface area contributed by atoms with Crippen molar-refractivity contribution < 1.29 is 0 Å². The van der Waals surface area contributed by atoms with Crippen LogP contribution in [0.25, 0.3) is 0 Å². The van der Waals surface area contributed by atoms with E-state index >= 15 is 0 Å². The number of nitrogens with one attached hydrogen (secondary N) is 1. The summed E-state index contributed by atoms with van der Waals surface area (Å²) in [5.74, 6) is 1.44. The van der Waals surface area contributed by atoms with Crippen LogP contribution in [0, 0.1) is 18.8 Å². The molecule has 1 N–H and O–H groups in total. The first-order valence-electron chi connectivity index (χ1n) is 6.97. The van der Waals surface area contributed by atoms with E-state index in [1.165, 1.54) is 18.5 Å². The molecule has 0 amide bonds. The summed E-state index contributed by atoms with van der Waals surface area (Å²) in [6, 6.07) is 0.660. The van der Waals surface area contributed by atoms with Crippen LogP contribution in [0.1, 0.15) is 38.1 Å². The van der Waals surface area contributed by atoms with Gasteiger partial charge in [0.2, 0.25) is 0 Å². The Hall–Kier alpha value is -0.540. The van der Waals surface area contributed by atoms with Gasteiger partial charge in [0, 0.05) is 12.6 Å². The molecular weight excluding hydrogens is 246 g/mol. The van der Waals surface area contributed by atoms with Crippen LogP contribution in [0.3, 0.4) is 0 Å². The summed E-state index contributed by atoms with van der Waals surface area (Å²) in [6.07, 6.45) is 3.63.